The summed E-state index contributed by atoms with van der Waals surface area (Å²) in [5, 5.41) is 2.60. The third kappa shape index (κ3) is 5.02. The van der Waals surface area contributed by atoms with Gasteiger partial charge < -0.3 is 15.0 Å². The SMILES string of the molecule is CC(=O)c1cc(CN2C(=O)COc3ccc(/C=C4/SC(=S)NC4=O)cc32)cc(C(C)(C)C)c1. The van der Waals surface area contributed by atoms with Gasteiger partial charge in [0.05, 0.1) is 17.1 Å². The van der Waals surface area contributed by atoms with Crippen LogP contribution >= 0.6 is 24.0 Å². The Hall–Kier alpha value is -2.97. The molecule has 2 aromatic carbocycles. The van der Waals surface area contributed by atoms with Crippen molar-refractivity contribution >= 4 is 57.7 Å². The van der Waals surface area contributed by atoms with Gasteiger partial charge in [-0.25, -0.2) is 0 Å². The van der Waals surface area contributed by atoms with E-state index in [0.29, 0.717) is 32.8 Å². The summed E-state index contributed by atoms with van der Waals surface area (Å²) >= 11 is 6.26. The van der Waals surface area contributed by atoms with Crippen LogP contribution in [0, 0.1) is 0 Å². The van der Waals surface area contributed by atoms with Gasteiger partial charge in [-0.1, -0.05) is 56.9 Å². The number of rotatable bonds is 4. The second-order valence-electron chi connectivity index (χ2n) is 9.07. The van der Waals surface area contributed by atoms with E-state index in [4.69, 9.17) is 17.0 Å². The van der Waals surface area contributed by atoms with E-state index in [0.717, 1.165) is 16.7 Å². The molecule has 6 nitrogen and oxygen atoms in total. The summed E-state index contributed by atoms with van der Waals surface area (Å²) in [5.74, 6) is 0.166. The number of Topliss-reactive ketones (excluding diaryl/α,β-unsaturated/α-hetero) is 1. The lowest BCUT2D eigenvalue weighted by Crippen LogP contribution is -2.38. The van der Waals surface area contributed by atoms with Crippen LogP contribution in [0.4, 0.5) is 5.69 Å². The number of benzene rings is 2. The third-order valence-electron chi connectivity index (χ3n) is 5.47. The van der Waals surface area contributed by atoms with Crippen molar-refractivity contribution in [3.05, 3.63) is 63.6 Å². The van der Waals surface area contributed by atoms with Gasteiger partial charge in [0.15, 0.2) is 12.4 Å². The summed E-state index contributed by atoms with van der Waals surface area (Å²) in [7, 11) is 0. The highest BCUT2D eigenvalue weighted by atomic mass is 32.2. The average molecular weight is 481 g/mol. The minimum atomic E-state index is -0.234. The van der Waals surface area contributed by atoms with E-state index in [-0.39, 0.29) is 29.6 Å². The number of fused-ring (bicyclic) bond motifs is 1. The van der Waals surface area contributed by atoms with Crippen molar-refractivity contribution in [3.63, 3.8) is 0 Å². The maximum Gasteiger partial charge on any atom is 0.265 e. The van der Waals surface area contributed by atoms with E-state index in [2.05, 4.69) is 26.1 Å². The standard InChI is InChI=1S/C25H24N2O4S2/c1-14(28)17-7-16(8-18(11-17)25(2,3)4)12-27-19-9-15(5-6-20(19)31-13-22(27)29)10-21-23(30)26-24(32)33-21/h5-11H,12-13H2,1-4H3,(H,26,30,32)/b21-10+. The number of carbonyl (C=O) groups excluding carboxylic acids is 3. The molecule has 4 rings (SSSR count). The number of hydrogen-bond acceptors (Lipinski definition) is 6. The molecule has 0 bridgehead atoms. The number of ketones is 1. The van der Waals surface area contributed by atoms with Crippen molar-refractivity contribution < 1.29 is 19.1 Å². The number of anilines is 1. The van der Waals surface area contributed by atoms with Gasteiger partial charge in [0.2, 0.25) is 0 Å². The first-order valence-corrected chi connectivity index (χ1v) is 11.7. The summed E-state index contributed by atoms with van der Waals surface area (Å²) in [5.41, 5.74) is 3.76. The molecule has 0 radical (unpaired) electrons. The minimum absolute atomic E-state index is 0.0183. The topological polar surface area (TPSA) is 75.7 Å². The summed E-state index contributed by atoms with van der Waals surface area (Å²) in [6, 6.07) is 11.3. The number of hydrogen-bond donors (Lipinski definition) is 1. The first-order chi connectivity index (χ1) is 15.5. The molecule has 0 atom stereocenters. The summed E-state index contributed by atoms with van der Waals surface area (Å²) < 4.78 is 6.06. The largest absolute Gasteiger partial charge is 0.482 e. The molecule has 2 heterocycles. The highest BCUT2D eigenvalue weighted by Gasteiger charge is 2.28. The van der Waals surface area contributed by atoms with Crippen molar-refractivity contribution in [1.82, 2.24) is 5.32 Å². The lowest BCUT2D eigenvalue weighted by Gasteiger charge is -2.30. The van der Waals surface area contributed by atoms with Gasteiger partial charge in [-0.3, -0.25) is 14.4 Å². The molecule has 2 amide bonds. The fraction of sp³-hybridized carbons (Fsp3) is 0.280. The third-order valence-corrected chi connectivity index (χ3v) is 6.63. The molecule has 0 aromatic heterocycles. The summed E-state index contributed by atoms with van der Waals surface area (Å²) in [6.45, 7) is 8.07. The molecule has 33 heavy (non-hydrogen) atoms. The zero-order valence-electron chi connectivity index (χ0n) is 18.9. The molecule has 1 saturated heterocycles. The van der Waals surface area contributed by atoms with E-state index in [1.54, 1.807) is 24.0 Å². The second-order valence-corrected chi connectivity index (χ2v) is 10.8. The number of carbonyl (C=O) groups is 3. The number of thioether (sulfide) groups is 1. The number of ether oxygens (including phenoxy) is 1. The fourth-order valence-corrected chi connectivity index (χ4v) is 4.70. The van der Waals surface area contributed by atoms with Crippen LogP contribution in [-0.4, -0.2) is 28.5 Å². The molecule has 1 N–H and O–H groups in total. The van der Waals surface area contributed by atoms with Gasteiger partial charge in [-0.2, -0.15) is 0 Å². The number of nitrogens with zero attached hydrogens (tertiary/aromatic N) is 1. The Labute approximate surface area is 202 Å². The predicted molar refractivity (Wildman–Crippen MR) is 135 cm³/mol. The molecule has 2 aliphatic rings. The zero-order chi connectivity index (χ0) is 23.9. The van der Waals surface area contributed by atoms with E-state index >= 15 is 0 Å². The lowest BCUT2D eigenvalue weighted by atomic mass is 9.84. The van der Waals surface area contributed by atoms with Gasteiger partial charge in [0, 0.05) is 5.56 Å². The molecule has 0 aliphatic carbocycles. The normalized spacial score (nSPS) is 17.2. The quantitative estimate of drug-likeness (QED) is 0.392. The van der Waals surface area contributed by atoms with Crippen LogP contribution in [0.1, 0.15) is 54.7 Å². The Balaban J connectivity index is 1.72. The molecule has 170 valence electrons. The van der Waals surface area contributed by atoms with Crippen molar-refractivity contribution in [2.75, 3.05) is 11.5 Å². The predicted octanol–water partition coefficient (Wildman–Crippen LogP) is 4.60. The number of nitrogens with one attached hydrogen (secondary N) is 1. The van der Waals surface area contributed by atoms with Gasteiger partial charge in [-0.15, -0.1) is 0 Å². The van der Waals surface area contributed by atoms with Gasteiger partial charge >= 0.3 is 0 Å². The highest BCUT2D eigenvalue weighted by molar-refractivity contribution is 8.26. The molecule has 0 spiro atoms. The first kappa shape index (κ1) is 23.2. The van der Waals surface area contributed by atoms with Crippen LogP contribution in [0.15, 0.2) is 41.3 Å². The summed E-state index contributed by atoms with van der Waals surface area (Å²) in [6.07, 6.45) is 1.74. The number of amides is 2. The van der Waals surface area contributed by atoms with E-state index in [1.807, 2.05) is 30.3 Å². The van der Waals surface area contributed by atoms with E-state index < -0.39 is 0 Å². The van der Waals surface area contributed by atoms with Gasteiger partial charge in [0.1, 0.15) is 10.1 Å². The smallest absolute Gasteiger partial charge is 0.265 e. The van der Waals surface area contributed by atoms with Crippen LogP contribution in [-0.2, 0) is 21.5 Å². The van der Waals surface area contributed by atoms with Crippen LogP contribution in [0.3, 0.4) is 0 Å². The minimum Gasteiger partial charge on any atom is -0.482 e. The molecule has 1 fully saturated rings. The molecule has 8 heteroatoms. The highest BCUT2D eigenvalue weighted by Crippen LogP contribution is 2.36. The van der Waals surface area contributed by atoms with Crippen LogP contribution in [0.2, 0.25) is 0 Å². The Bertz CT molecular complexity index is 1230. The molecular weight excluding hydrogens is 456 g/mol. The maximum absolute atomic E-state index is 12.8. The van der Waals surface area contributed by atoms with E-state index in [9.17, 15) is 14.4 Å². The average Bonchev–Trinajstić information content (AvgIpc) is 3.06. The monoisotopic (exact) mass is 480 g/mol. The molecule has 0 saturated carbocycles. The van der Waals surface area contributed by atoms with Crippen molar-refractivity contribution in [1.29, 1.82) is 0 Å². The number of thiocarbonyl (C=S) groups is 1. The van der Waals surface area contributed by atoms with Crippen molar-refractivity contribution in [2.45, 2.75) is 39.7 Å². The fourth-order valence-electron chi connectivity index (χ4n) is 3.66. The molecule has 2 aliphatic heterocycles. The molecule has 2 aromatic rings. The van der Waals surface area contributed by atoms with Crippen LogP contribution in [0.25, 0.3) is 6.08 Å². The van der Waals surface area contributed by atoms with Gasteiger partial charge in [0.25, 0.3) is 11.8 Å². The van der Waals surface area contributed by atoms with Crippen LogP contribution in [0.5, 0.6) is 5.75 Å². The summed E-state index contributed by atoms with van der Waals surface area (Å²) in [4.78, 5) is 39.2. The lowest BCUT2D eigenvalue weighted by molar-refractivity contribution is -0.121. The van der Waals surface area contributed by atoms with Crippen molar-refractivity contribution in [3.8, 4) is 5.75 Å². The zero-order valence-corrected chi connectivity index (χ0v) is 20.5. The van der Waals surface area contributed by atoms with E-state index in [1.165, 1.54) is 11.8 Å². The molecule has 0 unspecified atom stereocenters. The Morgan fingerprint density at radius 2 is 1.97 bits per heavy atom. The van der Waals surface area contributed by atoms with Crippen LogP contribution < -0.4 is 15.0 Å². The first-order valence-electron chi connectivity index (χ1n) is 10.5. The molecular formula is C25H24N2O4S2. The van der Waals surface area contributed by atoms with Crippen molar-refractivity contribution in [2.24, 2.45) is 0 Å². The Morgan fingerprint density at radius 1 is 1.21 bits per heavy atom. The Morgan fingerprint density at radius 3 is 2.61 bits per heavy atom. The maximum atomic E-state index is 12.8. The second kappa shape index (κ2) is 8.76. The Kier molecular flexibility index (Phi) is 6.16. The van der Waals surface area contributed by atoms with Gasteiger partial charge in [-0.05, 0) is 59.4 Å².